The van der Waals surface area contributed by atoms with Crippen molar-refractivity contribution in [2.45, 2.75) is 50.5 Å². The molecule has 0 radical (unpaired) electrons. The van der Waals surface area contributed by atoms with E-state index in [1.165, 1.54) is 0 Å². The number of aliphatic imine (C=N–C) groups is 1. The maximum Gasteiger partial charge on any atom is 0.253 e. The predicted molar refractivity (Wildman–Crippen MR) is 56.6 cm³/mol. The summed E-state index contributed by atoms with van der Waals surface area (Å²) in [6.07, 6.45) is 5.98. The summed E-state index contributed by atoms with van der Waals surface area (Å²) in [6, 6.07) is 0. The highest BCUT2D eigenvalue weighted by molar-refractivity contribution is 6.08. The van der Waals surface area contributed by atoms with Crippen LogP contribution in [0.4, 0.5) is 4.39 Å². The molecule has 0 bridgehead atoms. The SMILES string of the molecule is O=C1NC(CCCCF)=NC12CCCC2. The van der Waals surface area contributed by atoms with Crippen molar-refractivity contribution in [2.24, 2.45) is 4.99 Å². The van der Waals surface area contributed by atoms with Crippen molar-refractivity contribution >= 4 is 11.7 Å². The fourth-order valence-electron chi connectivity index (χ4n) is 2.39. The minimum atomic E-state index is -0.439. The van der Waals surface area contributed by atoms with E-state index in [4.69, 9.17) is 0 Å². The Hall–Kier alpha value is -0.930. The first-order valence-corrected chi connectivity index (χ1v) is 5.73. The van der Waals surface area contributed by atoms with Crippen molar-refractivity contribution in [3.63, 3.8) is 0 Å². The van der Waals surface area contributed by atoms with Gasteiger partial charge in [-0.05, 0) is 25.7 Å². The Balaban J connectivity index is 1.94. The second kappa shape index (κ2) is 4.29. The van der Waals surface area contributed by atoms with Crippen molar-refractivity contribution in [1.29, 1.82) is 0 Å². The van der Waals surface area contributed by atoms with E-state index >= 15 is 0 Å². The first-order valence-electron chi connectivity index (χ1n) is 5.73. The minimum Gasteiger partial charge on any atom is -0.312 e. The van der Waals surface area contributed by atoms with E-state index in [-0.39, 0.29) is 12.6 Å². The van der Waals surface area contributed by atoms with Crippen LogP contribution in [0.1, 0.15) is 44.9 Å². The van der Waals surface area contributed by atoms with Crippen LogP contribution in [0.15, 0.2) is 4.99 Å². The molecule has 15 heavy (non-hydrogen) atoms. The number of unbranched alkanes of at least 4 members (excludes halogenated alkanes) is 1. The maximum absolute atomic E-state index is 11.9. The summed E-state index contributed by atoms with van der Waals surface area (Å²) in [5, 5.41) is 2.83. The van der Waals surface area contributed by atoms with Crippen LogP contribution < -0.4 is 5.32 Å². The molecular formula is C11H17FN2O. The van der Waals surface area contributed by atoms with Crippen LogP contribution in [0.25, 0.3) is 0 Å². The lowest BCUT2D eigenvalue weighted by molar-refractivity contribution is -0.123. The fourth-order valence-corrected chi connectivity index (χ4v) is 2.39. The van der Waals surface area contributed by atoms with Gasteiger partial charge in [-0.15, -0.1) is 0 Å². The van der Waals surface area contributed by atoms with Crippen molar-refractivity contribution in [2.75, 3.05) is 6.67 Å². The van der Waals surface area contributed by atoms with Crippen LogP contribution in [0.3, 0.4) is 0 Å². The number of nitrogens with one attached hydrogen (secondary N) is 1. The van der Waals surface area contributed by atoms with Gasteiger partial charge in [-0.25, -0.2) is 0 Å². The van der Waals surface area contributed by atoms with Gasteiger partial charge in [0.05, 0.1) is 6.67 Å². The van der Waals surface area contributed by atoms with Crippen molar-refractivity contribution in [1.82, 2.24) is 5.32 Å². The third-order valence-electron chi connectivity index (χ3n) is 3.26. The smallest absolute Gasteiger partial charge is 0.253 e. The van der Waals surface area contributed by atoms with E-state index in [1.54, 1.807) is 0 Å². The summed E-state index contributed by atoms with van der Waals surface area (Å²) in [5.74, 6) is 0.839. The quantitative estimate of drug-likeness (QED) is 0.711. The van der Waals surface area contributed by atoms with Crippen LogP contribution >= 0.6 is 0 Å². The number of hydrogen-bond acceptors (Lipinski definition) is 2. The van der Waals surface area contributed by atoms with E-state index in [1.807, 2.05) is 0 Å². The lowest BCUT2D eigenvalue weighted by Gasteiger charge is -2.14. The van der Waals surface area contributed by atoms with Crippen molar-refractivity contribution in [3.05, 3.63) is 0 Å². The molecular weight excluding hydrogens is 195 g/mol. The van der Waals surface area contributed by atoms with Gasteiger partial charge < -0.3 is 5.32 Å². The zero-order valence-electron chi connectivity index (χ0n) is 8.89. The van der Waals surface area contributed by atoms with Gasteiger partial charge in [0.15, 0.2) is 0 Å². The van der Waals surface area contributed by atoms with E-state index in [2.05, 4.69) is 10.3 Å². The molecule has 3 nitrogen and oxygen atoms in total. The molecule has 2 aliphatic rings. The third kappa shape index (κ3) is 2.03. The minimum absolute atomic E-state index is 0.0650. The van der Waals surface area contributed by atoms with Crippen LogP contribution in [-0.2, 0) is 4.79 Å². The van der Waals surface area contributed by atoms with Crippen LogP contribution in [0.2, 0.25) is 0 Å². The average molecular weight is 212 g/mol. The Kier molecular flexibility index (Phi) is 3.03. The highest BCUT2D eigenvalue weighted by atomic mass is 19.1. The average Bonchev–Trinajstić information content (AvgIpc) is 2.78. The second-order valence-electron chi connectivity index (χ2n) is 4.40. The lowest BCUT2D eigenvalue weighted by Crippen LogP contribution is -2.37. The summed E-state index contributed by atoms with van der Waals surface area (Å²) in [4.78, 5) is 16.2. The second-order valence-corrected chi connectivity index (χ2v) is 4.40. The molecule has 84 valence electrons. The van der Waals surface area contributed by atoms with E-state index in [0.717, 1.165) is 37.9 Å². The Morgan fingerprint density at radius 1 is 1.33 bits per heavy atom. The number of carbonyl (C=O) groups excluding carboxylic acids is 1. The van der Waals surface area contributed by atoms with Crippen molar-refractivity contribution in [3.8, 4) is 0 Å². The Labute approximate surface area is 89.1 Å². The van der Waals surface area contributed by atoms with Crippen LogP contribution in [-0.4, -0.2) is 24.0 Å². The summed E-state index contributed by atoms with van der Waals surface area (Å²) in [6.45, 7) is -0.285. The van der Waals surface area contributed by atoms with Crippen LogP contribution in [0, 0.1) is 0 Å². The summed E-state index contributed by atoms with van der Waals surface area (Å²) < 4.78 is 11.9. The first-order chi connectivity index (χ1) is 7.27. The zero-order valence-corrected chi connectivity index (χ0v) is 8.89. The molecule has 2 rings (SSSR count). The number of rotatable bonds is 4. The monoisotopic (exact) mass is 212 g/mol. The lowest BCUT2D eigenvalue weighted by atomic mass is 9.99. The van der Waals surface area contributed by atoms with E-state index < -0.39 is 5.54 Å². The first kappa shape index (κ1) is 10.6. The molecule has 1 aliphatic heterocycles. The number of amidine groups is 1. The normalized spacial score (nSPS) is 23.3. The van der Waals surface area contributed by atoms with E-state index in [0.29, 0.717) is 12.8 Å². The number of amides is 1. The molecule has 0 aromatic rings. The van der Waals surface area contributed by atoms with Gasteiger partial charge in [-0.1, -0.05) is 12.8 Å². The summed E-state index contributed by atoms with van der Waals surface area (Å²) in [7, 11) is 0. The molecule has 1 amide bonds. The number of halogens is 1. The van der Waals surface area contributed by atoms with Gasteiger partial charge in [0.2, 0.25) is 0 Å². The molecule has 0 atom stereocenters. The standard InChI is InChI=1S/C11H17FN2O/c12-8-4-1-5-9-13-10(15)11(14-9)6-2-3-7-11/h1-8H2,(H,13,14,15). The highest BCUT2D eigenvalue weighted by Crippen LogP contribution is 2.36. The van der Waals surface area contributed by atoms with Gasteiger partial charge in [0.25, 0.3) is 5.91 Å². The van der Waals surface area contributed by atoms with E-state index in [9.17, 15) is 9.18 Å². The molecule has 1 heterocycles. The molecule has 1 fully saturated rings. The number of carbonyl (C=O) groups is 1. The highest BCUT2D eigenvalue weighted by Gasteiger charge is 2.45. The van der Waals surface area contributed by atoms with Crippen molar-refractivity contribution < 1.29 is 9.18 Å². The fraction of sp³-hybridized carbons (Fsp3) is 0.818. The van der Waals surface area contributed by atoms with Gasteiger partial charge >= 0.3 is 0 Å². The Morgan fingerprint density at radius 3 is 2.73 bits per heavy atom. The number of alkyl halides is 1. The molecule has 0 saturated heterocycles. The maximum atomic E-state index is 11.9. The molecule has 1 N–H and O–H groups in total. The topological polar surface area (TPSA) is 41.5 Å². The van der Waals surface area contributed by atoms with Gasteiger partial charge in [-0.3, -0.25) is 14.2 Å². The Morgan fingerprint density at radius 2 is 2.07 bits per heavy atom. The molecule has 0 aromatic heterocycles. The number of hydrogen-bond donors (Lipinski definition) is 1. The third-order valence-corrected chi connectivity index (χ3v) is 3.26. The molecule has 0 unspecified atom stereocenters. The summed E-state index contributed by atoms with van der Waals surface area (Å²) in [5.41, 5.74) is -0.439. The largest absolute Gasteiger partial charge is 0.312 e. The molecule has 1 aliphatic carbocycles. The molecule has 4 heteroatoms. The summed E-state index contributed by atoms with van der Waals surface area (Å²) >= 11 is 0. The number of nitrogens with zero attached hydrogens (tertiary/aromatic N) is 1. The molecule has 1 spiro atoms. The molecule has 0 aromatic carbocycles. The predicted octanol–water partition coefficient (Wildman–Crippen LogP) is 1.97. The van der Waals surface area contributed by atoms with Gasteiger partial charge in [0, 0.05) is 6.42 Å². The zero-order chi connectivity index (χ0) is 10.7. The Bertz CT molecular complexity index is 282. The van der Waals surface area contributed by atoms with Gasteiger partial charge in [-0.2, -0.15) is 0 Å². The van der Waals surface area contributed by atoms with Crippen LogP contribution in [0.5, 0.6) is 0 Å². The van der Waals surface area contributed by atoms with Gasteiger partial charge in [0.1, 0.15) is 11.4 Å². The molecule has 1 saturated carbocycles.